The van der Waals surface area contributed by atoms with Crippen molar-refractivity contribution in [2.24, 2.45) is 11.8 Å². The molecule has 1 N–H and O–H groups in total. The van der Waals surface area contributed by atoms with Gasteiger partial charge in [0.15, 0.2) is 0 Å². The molecule has 108 valence electrons. The lowest BCUT2D eigenvalue weighted by Crippen LogP contribution is -2.43. The Labute approximate surface area is 115 Å². The standard InChI is InChI=1S/C17H35N/c1-4-7-11-15(6-3)17(18-14-5-2)16-12-9-8-10-13-16/h15-18H,4-14H2,1-3H3. The van der Waals surface area contributed by atoms with E-state index < -0.39 is 0 Å². The molecule has 1 aliphatic carbocycles. The molecule has 0 aromatic carbocycles. The zero-order valence-electron chi connectivity index (χ0n) is 13.0. The predicted molar refractivity (Wildman–Crippen MR) is 82.0 cm³/mol. The number of hydrogen-bond acceptors (Lipinski definition) is 1. The van der Waals surface area contributed by atoms with Gasteiger partial charge in [-0.1, -0.05) is 59.3 Å². The molecule has 0 aliphatic heterocycles. The minimum atomic E-state index is 0.807. The third kappa shape index (κ3) is 5.30. The highest BCUT2D eigenvalue weighted by atomic mass is 14.9. The van der Waals surface area contributed by atoms with E-state index in [0.717, 1.165) is 17.9 Å². The van der Waals surface area contributed by atoms with Gasteiger partial charge >= 0.3 is 0 Å². The van der Waals surface area contributed by atoms with E-state index in [2.05, 4.69) is 26.1 Å². The molecule has 1 nitrogen and oxygen atoms in total. The monoisotopic (exact) mass is 253 g/mol. The Kier molecular flexibility index (Phi) is 8.75. The summed E-state index contributed by atoms with van der Waals surface area (Å²) in [6.45, 7) is 8.22. The van der Waals surface area contributed by atoms with Gasteiger partial charge in [-0.2, -0.15) is 0 Å². The summed E-state index contributed by atoms with van der Waals surface area (Å²) < 4.78 is 0. The van der Waals surface area contributed by atoms with Crippen molar-refractivity contribution in [2.75, 3.05) is 6.54 Å². The highest BCUT2D eigenvalue weighted by Gasteiger charge is 2.28. The van der Waals surface area contributed by atoms with E-state index in [4.69, 9.17) is 0 Å². The minimum absolute atomic E-state index is 0.807. The van der Waals surface area contributed by atoms with Gasteiger partial charge in [-0.05, 0) is 44.1 Å². The van der Waals surface area contributed by atoms with Crippen molar-refractivity contribution < 1.29 is 0 Å². The van der Waals surface area contributed by atoms with E-state index in [9.17, 15) is 0 Å². The zero-order chi connectivity index (χ0) is 13.2. The van der Waals surface area contributed by atoms with Crippen LogP contribution in [0.1, 0.15) is 85.0 Å². The lowest BCUT2D eigenvalue weighted by molar-refractivity contribution is 0.192. The Hall–Kier alpha value is -0.0400. The molecule has 18 heavy (non-hydrogen) atoms. The van der Waals surface area contributed by atoms with Crippen LogP contribution in [0, 0.1) is 11.8 Å². The normalized spacial score (nSPS) is 20.8. The quantitative estimate of drug-likeness (QED) is 0.599. The predicted octanol–water partition coefficient (Wildman–Crippen LogP) is 5.15. The first-order valence-corrected chi connectivity index (χ1v) is 8.56. The highest BCUT2D eigenvalue weighted by molar-refractivity contribution is 4.84. The summed E-state index contributed by atoms with van der Waals surface area (Å²) in [4.78, 5) is 0. The lowest BCUT2D eigenvalue weighted by Gasteiger charge is -2.36. The average molecular weight is 253 g/mol. The first kappa shape index (κ1) is 16.0. The van der Waals surface area contributed by atoms with Crippen molar-refractivity contribution in [3.05, 3.63) is 0 Å². The average Bonchev–Trinajstić information content (AvgIpc) is 2.43. The van der Waals surface area contributed by atoms with Gasteiger partial charge in [-0.3, -0.25) is 0 Å². The van der Waals surface area contributed by atoms with E-state index in [1.165, 1.54) is 70.8 Å². The zero-order valence-corrected chi connectivity index (χ0v) is 13.0. The van der Waals surface area contributed by atoms with Crippen LogP contribution in [0.5, 0.6) is 0 Å². The maximum absolute atomic E-state index is 3.90. The van der Waals surface area contributed by atoms with E-state index in [1.807, 2.05) is 0 Å². The summed E-state index contributed by atoms with van der Waals surface area (Å²) in [6.07, 6.45) is 14.2. The summed E-state index contributed by atoms with van der Waals surface area (Å²) in [5.74, 6) is 1.88. The molecule has 1 heteroatoms. The second kappa shape index (κ2) is 9.83. The molecule has 1 rings (SSSR count). The van der Waals surface area contributed by atoms with Crippen LogP contribution in [0.4, 0.5) is 0 Å². The third-order valence-electron chi connectivity index (χ3n) is 4.75. The lowest BCUT2D eigenvalue weighted by atomic mass is 9.76. The molecule has 0 heterocycles. The fraction of sp³-hybridized carbons (Fsp3) is 1.00. The van der Waals surface area contributed by atoms with Gasteiger partial charge in [-0.25, -0.2) is 0 Å². The molecule has 0 spiro atoms. The first-order valence-electron chi connectivity index (χ1n) is 8.56. The molecule has 2 atom stereocenters. The van der Waals surface area contributed by atoms with Gasteiger partial charge < -0.3 is 5.32 Å². The van der Waals surface area contributed by atoms with E-state index in [-0.39, 0.29) is 0 Å². The van der Waals surface area contributed by atoms with Crippen LogP contribution < -0.4 is 5.32 Å². The van der Waals surface area contributed by atoms with Crippen molar-refractivity contribution in [3.8, 4) is 0 Å². The molecule has 0 bridgehead atoms. The van der Waals surface area contributed by atoms with Gasteiger partial charge in [0.25, 0.3) is 0 Å². The van der Waals surface area contributed by atoms with E-state index >= 15 is 0 Å². The van der Waals surface area contributed by atoms with Crippen LogP contribution in [-0.2, 0) is 0 Å². The van der Waals surface area contributed by atoms with Crippen LogP contribution in [-0.4, -0.2) is 12.6 Å². The van der Waals surface area contributed by atoms with Crippen LogP contribution >= 0.6 is 0 Å². The number of unbranched alkanes of at least 4 members (excludes halogenated alkanes) is 1. The Morgan fingerprint density at radius 3 is 2.28 bits per heavy atom. The molecule has 0 radical (unpaired) electrons. The second-order valence-corrected chi connectivity index (χ2v) is 6.19. The Balaban J connectivity index is 2.54. The van der Waals surface area contributed by atoms with Crippen molar-refractivity contribution >= 4 is 0 Å². The van der Waals surface area contributed by atoms with Crippen molar-refractivity contribution in [3.63, 3.8) is 0 Å². The van der Waals surface area contributed by atoms with Crippen LogP contribution in [0.3, 0.4) is 0 Å². The summed E-state index contributed by atoms with van der Waals surface area (Å²) in [5.41, 5.74) is 0. The van der Waals surface area contributed by atoms with Crippen LogP contribution in [0.15, 0.2) is 0 Å². The summed E-state index contributed by atoms with van der Waals surface area (Å²) >= 11 is 0. The molecule has 0 aromatic rings. The van der Waals surface area contributed by atoms with Gasteiger partial charge in [0.05, 0.1) is 0 Å². The molecule has 0 aromatic heterocycles. The topological polar surface area (TPSA) is 12.0 Å². The van der Waals surface area contributed by atoms with Gasteiger partial charge in [0.2, 0.25) is 0 Å². The highest BCUT2D eigenvalue weighted by Crippen LogP contribution is 2.32. The number of rotatable bonds is 9. The van der Waals surface area contributed by atoms with Crippen LogP contribution in [0.25, 0.3) is 0 Å². The second-order valence-electron chi connectivity index (χ2n) is 6.19. The third-order valence-corrected chi connectivity index (χ3v) is 4.75. The van der Waals surface area contributed by atoms with Crippen LogP contribution in [0.2, 0.25) is 0 Å². The summed E-state index contributed by atoms with van der Waals surface area (Å²) in [5, 5.41) is 3.90. The number of hydrogen-bond donors (Lipinski definition) is 1. The molecule has 1 fully saturated rings. The first-order chi connectivity index (χ1) is 8.83. The fourth-order valence-electron chi connectivity index (χ4n) is 3.63. The van der Waals surface area contributed by atoms with E-state index in [0.29, 0.717) is 0 Å². The SMILES string of the molecule is CCCCC(CC)C(NCCC)C1CCCCC1. The largest absolute Gasteiger partial charge is 0.313 e. The van der Waals surface area contributed by atoms with Crippen molar-refractivity contribution in [2.45, 2.75) is 91.0 Å². The molecule has 0 saturated heterocycles. The maximum atomic E-state index is 3.90. The van der Waals surface area contributed by atoms with Crippen molar-refractivity contribution in [1.29, 1.82) is 0 Å². The summed E-state index contributed by atoms with van der Waals surface area (Å²) in [6, 6.07) is 0.807. The Morgan fingerprint density at radius 1 is 1.00 bits per heavy atom. The maximum Gasteiger partial charge on any atom is 0.0123 e. The Morgan fingerprint density at radius 2 is 1.72 bits per heavy atom. The molecule has 1 saturated carbocycles. The Bertz CT molecular complexity index is 184. The molecular weight excluding hydrogens is 218 g/mol. The molecular formula is C17H35N. The molecule has 0 amide bonds. The van der Waals surface area contributed by atoms with Gasteiger partial charge in [-0.15, -0.1) is 0 Å². The smallest absolute Gasteiger partial charge is 0.0123 e. The van der Waals surface area contributed by atoms with Gasteiger partial charge in [0.1, 0.15) is 0 Å². The minimum Gasteiger partial charge on any atom is -0.313 e. The van der Waals surface area contributed by atoms with E-state index in [1.54, 1.807) is 0 Å². The summed E-state index contributed by atoms with van der Waals surface area (Å²) in [7, 11) is 0. The molecule has 1 aliphatic rings. The number of nitrogens with one attached hydrogen (secondary N) is 1. The van der Waals surface area contributed by atoms with Gasteiger partial charge in [0, 0.05) is 6.04 Å². The molecule has 2 unspecified atom stereocenters. The fourth-order valence-corrected chi connectivity index (χ4v) is 3.63. The van der Waals surface area contributed by atoms with Crippen molar-refractivity contribution in [1.82, 2.24) is 5.32 Å².